The maximum Gasteiger partial charge on any atom is 0.0406 e. The third-order valence-corrected chi connectivity index (χ3v) is 5.06. The number of nitrogens with one attached hydrogen (secondary N) is 1. The molecule has 2 heteroatoms. The van der Waals surface area contributed by atoms with E-state index in [1.165, 1.54) is 31.2 Å². The SMILES string of the molecule is C[C@@H](NC1CCC(C(C)(C)C)CC1)c1ccc(Cl)cc1. The predicted octanol–water partition coefficient (Wildman–Crippen LogP) is 5.60. The Morgan fingerprint density at radius 3 is 2.10 bits per heavy atom. The Labute approximate surface area is 129 Å². The molecular weight excluding hydrogens is 266 g/mol. The molecule has 1 nitrogen and oxygen atoms in total. The van der Waals surface area contributed by atoms with Gasteiger partial charge in [0.15, 0.2) is 0 Å². The molecule has 0 unspecified atom stereocenters. The number of benzene rings is 1. The van der Waals surface area contributed by atoms with Gasteiger partial charge in [0, 0.05) is 17.1 Å². The first kappa shape index (κ1) is 15.9. The first-order valence-corrected chi connectivity index (χ1v) is 8.25. The second-order valence-corrected chi connectivity index (χ2v) is 7.79. The average molecular weight is 294 g/mol. The van der Waals surface area contributed by atoms with Crippen molar-refractivity contribution in [1.29, 1.82) is 0 Å². The highest BCUT2D eigenvalue weighted by molar-refractivity contribution is 6.30. The third kappa shape index (κ3) is 4.23. The van der Waals surface area contributed by atoms with Crippen molar-refractivity contribution in [2.24, 2.45) is 11.3 Å². The molecule has 1 saturated carbocycles. The van der Waals surface area contributed by atoms with Crippen molar-refractivity contribution < 1.29 is 0 Å². The van der Waals surface area contributed by atoms with Crippen LogP contribution in [0.3, 0.4) is 0 Å². The van der Waals surface area contributed by atoms with Gasteiger partial charge in [0.05, 0.1) is 0 Å². The van der Waals surface area contributed by atoms with Gasteiger partial charge in [-0.1, -0.05) is 44.5 Å². The molecule has 1 fully saturated rings. The van der Waals surface area contributed by atoms with Crippen LogP contribution in [0.15, 0.2) is 24.3 Å². The largest absolute Gasteiger partial charge is 0.307 e. The lowest BCUT2D eigenvalue weighted by molar-refractivity contribution is 0.157. The van der Waals surface area contributed by atoms with E-state index in [9.17, 15) is 0 Å². The van der Waals surface area contributed by atoms with Crippen LogP contribution in [-0.2, 0) is 0 Å². The highest BCUT2D eigenvalue weighted by Crippen LogP contribution is 2.38. The number of rotatable bonds is 3. The van der Waals surface area contributed by atoms with Crippen molar-refractivity contribution in [3.8, 4) is 0 Å². The first-order valence-electron chi connectivity index (χ1n) is 7.88. The minimum atomic E-state index is 0.406. The van der Waals surface area contributed by atoms with Crippen LogP contribution in [-0.4, -0.2) is 6.04 Å². The molecule has 1 aromatic carbocycles. The minimum absolute atomic E-state index is 0.406. The Hall–Kier alpha value is -0.530. The number of hydrogen-bond donors (Lipinski definition) is 1. The number of halogens is 1. The summed E-state index contributed by atoms with van der Waals surface area (Å²) in [5.74, 6) is 0.881. The number of hydrogen-bond acceptors (Lipinski definition) is 1. The first-order chi connectivity index (χ1) is 9.36. The van der Waals surface area contributed by atoms with Gasteiger partial charge in [0.2, 0.25) is 0 Å². The Kier molecular flexibility index (Phi) is 5.14. The maximum absolute atomic E-state index is 5.95. The molecule has 20 heavy (non-hydrogen) atoms. The zero-order chi connectivity index (χ0) is 14.8. The van der Waals surface area contributed by atoms with Crippen LogP contribution in [0.2, 0.25) is 5.02 Å². The lowest BCUT2D eigenvalue weighted by Gasteiger charge is -2.38. The predicted molar refractivity (Wildman–Crippen MR) is 88.2 cm³/mol. The summed E-state index contributed by atoms with van der Waals surface area (Å²) in [5, 5.41) is 4.60. The summed E-state index contributed by atoms with van der Waals surface area (Å²) in [6.07, 6.45) is 5.32. The molecular formula is C18H28ClN. The molecule has 0 saturated heterocycles. The Bertz CT molecular complexity index is 410. The summed E-state index contributed by atoms with van der Waals surface area (Å²) < 4.78 is 0. The van der Waals surface area contributed by atoms with Gasteiger partial charge in [0.1, 0.15) is 0 Å². The summed E-state index contributed by atoms with van der Waals surface area (Å²) in [5.41, 5.74) is 1.79. The summed E-state index contributed by atoms with van der Waals surface area (Å²) >= 11 is 5.95. The molecule has 0 heterocycles. The molecule has 112 valence electrons. The molecule has 0 spiro atoms. The summed E-state index contributed by atoms with van der Waals surface area (Å²) in [4.78, 5) is 0. The second-order valence-electron chi connectivity index (χ2n) is 7.35. The molecule has 1 aliphatic rings. The van der Waals surface area contributed by atoms with Gasteiger partial charge >= 0.3 is 0 Å². The fourth-order valence-electron chi connectivity index (χ4n) is 3.33. The van der Waals surface area contributed by atoms with Crippen LogP contribution in [0.1, 0.15) is 65.0 Å². The Morgan fingerprint density at radius 1 is 1.05 bits per heavy atom. The molecule has 1 aliphatic carbocycles. The van der Waals surface area contributed by atoms with E-state index in [1.54, 1.807) is 0 Å². The second kappa shape index (κ2) is 6.49. The van der Waals surface area contributed by atoms with Gasteiger partial charge in [-0.05, 0) is 61.6 Å². The van der Waals surface area contributed by atoms with Gasteiger partial charge in [-0.2, -0.15) is 0 Å². The fraction of sp³-hybridized carbons (Fsp3) is 0.667. The van der Waals surface area contributed by atoms with Gasteiger partial charge in [-0.3, -0.25) is 0 Å². The van der Waals surface area contributed by atoms with E-state index in [1.807, 2.05) is 12.1 Å². The van der Waals surface area contributed by atoms with Gasteiger partial charge in [0.25, 0.3) is 0 Å². The smallest absolute Gasteiger partial charge is 0.0406 e. The van der Waals surface area contributed by atoms with Gasteiger partial charge in [-0.15, -0.1) is 0 Å². The standard InChI is InChI=1S/C18H28ClN/c1-13(14-5-9-16(19)10-6-14)20-17-11-7-15(8-12-17)18(2,3)4/h5-6,9-10,13,15,17,20H,7-8,11-12H2,1-4H3/t13-,15?,17?/m1/s1. The topological polar surface area (TPSA) is 12.0 Å². The summed E-state index contributed by atoms with van der Waals surface area (Å²) in [6, 6.07) is 9.28. The Balaban J connectivity index is 1.85. The minimum Gasteiger partial charge on any atom is -0.307 e. The van der Waals surface area contributed by atoms with Crippen LogP contribution in [0.25, 0.3) is 0 Å². The highest BCUT2D eigenvalue weighted by Gasteiger charge is 2.29. The monoisotopic (exact) mass is 293 g/mol. The lowest BCUT2D eigenvalue weighted by Crippen LogP contribution is -2.37. The molecule has 0 aliphatic heterocycles. The van der Waals surface area contributed by atoms with Crippen molar-refractivity contribution in [2.75, 3.05) is 0 Å². The molecule has 2 rings (SSSR count). The van der Waals surface area contributed by atoms with Gasteiger partial charge < -0.3 is 5.32 Å². The highest BCUT2D eigenvalue weighted by atomic mass is 35.5. The van der Waals surface area contributed by atoms with Crippen molar-refractivity contribution >= 4 is 11.6 Å². The van der Waals surface area contributed by atoms with Gasteiger partial charge in [-0.25, -0.2) is 0 Å². The van der Waals surface area contributed by atoms with Crippen LogP contribution in [0.5, 0.6) is 0 Å². The zero-order valence-electron chi connectivity index (χ0n) is 13.2. The van der Waals surface area contributed by atoms with E-state index < -0.39 is 0 Å². The van der Waals surface area contributed by atoms with Crippen LogP contribution >= 0.6 is 11.6 Å². The van der Waals surface area contributed by atoms with Crippen LogP contribution in [0.4, 0.5) is 0 Å². The zero-order valence-corrected chi connectivity index (χ0v) is 14.0. The molecule has 1 N–H and O–H groups in total. The molecule has 0 bridgehead atoms. The lowest BCUT2D eigenvalue weighted by atomic mass is 9.71. The van der Waals surface area contributed by atoms with Crippen LogP contribution in [0, 0.1) is 11.3 Å². The molecule has 0 amide bonds. The summed E-state index contributed by atoms with van der Waals surface area (Å²) in [6.45, 7) is 9.38. The van der Waals surface area contributed by atoms with E-state index >= 15 is 0 Å². The van der Waals surface area contributed by atoms with Crippen molar-refractivity contribution in [3.05, 3.63) is 34.9 Å². The van der Waals surface area contributed by atoms with Crippen molar-refractivity contribution in [3.63, 3.8) is 0 Å². The summed E-state index contributed by atoms with van der Waals surface area (Å²) in [7, 11) is 0. The molecule has 0 aromatic heterocycles. The average Bonchev–Trinajstić information content (AvgIpc) is 2.39. The Morgan fingerprint density at radius 2 is 1.60 bits per heavy atom. The van der Waals surface area contributed by atoms with Crippen molar-refractivity contribution in [2.45, 2.75) is 65.5 Å². The third-order valence-electron chi connectivity index (χ3n) is 4.81. The van der Waals surface area contributed by atoms with E-state index in [4.69, 9.17) is 11.6 Å². The van der Waals surface area contributed by atoms with Crippen LogP contribution < -0.4 is 5.32 Å². The van der Waals surface area contributed by atoms with E-state index in [2.05, 4.69) is 45.1 Å². The fourth-order valence-corrected chi connectivity index (χ4v) is 3.45. The molecule has 1 aromatic rings. The molecule has 0 radical (unpaired) electrons. The van der Waals surface area contributed by atoms with E-state index in [0.717, 1.165) is 10.9 Å². The maximum atomic E-state index is 5.95. The quantitative estimate of drug-likeness (QED) is 0.765. The van der Waals surface area contributed by atoms with E-state index in [0.29, 0.717) is 17.5 Å². The van der Waals surface area contributed by atoms with E-state index in [-0.39, 0.29) is 0 Å². The van der Waals surface area contributed by atoms with Crippen molar-refractivity contribution in [1.82, 2.24) is 5.32 Å². The normalized spacial score (nSPS) is 25.4. The molecule has 1 atom stereocenters.